The molecule has 0 saturated heterocycles. The molecule has 3 aromatic rings. The SMILES string of the molecule is CC(C)CC1(c2ccccc2)OC(=O)C2=C1CN(C(=O)CCc1ccccc1NC(=O)CCc1ccccc1)CC2. The number of carbonyl (C=O) groups excluding carboxylic acids is 3. The van der Waals surface area contributed by atoms with E-state index in [2.05, 4.69) is 19.2 Å². The van der Waals surface area contributed by atoms with Crippen LogP contribution in [0.5, 0.6) is 0 Å². The van der Waals surface area contributed by atoms with Crippen LogP contribution in [0.15, 0.2) is 96.1 Å². The number of nitrogens with zero attached hydrogens (tertiary/aromatic N) is 1. The van der Waals surface area contributed by atoms with Gasteiger partial charge in [0.1, 0.15) is 0 Å². The van der Waals surface area contributed by atoms with E-state index in [1.807, 2.05) is 89.8 Å². The number of carbonyl (C=O) groups is 3. The Morgan fingerprint density at radius 1 is 0.902 bits per heavy atom. The Morgan fingerprint density at radius 2 is 1.59 bits per heavy atom. The van der Waals surface area contributed by atoms with Crippen molar-refractivity contribution in [2.24, 2.45) is 5.92 Å². The zero-order chi connectivity index (χ0) is 28.8. The molecule has 1 N–H and O–H groups in total. The van der Waals surface area contributed by atoms with Gasteiger partial charge in [0.05, 0.1) is 0 Å². The van der Waals surface area contributed by atoms with Crippen LogP contribution in [0.2, 0.25) is 0 Å². The quantitative estimate of drug-likeness (QED) is 0.304. The molecule has 0 bridgehead atoms. The maximum atomic E-state index is 13.5. The lowest BCUT2D eigenvalue weighted by atomic mass is 9.77. The maximum absolute atomic E-state index is 13.5. The highest BCUT2D eigenvalue weighted by atomic mass is 16.6. The molecule has 41 heavy (non-hydrogen) atoms. The van der Waals surface area contributed by atoms with Gasteiger partial charge in [-0.25, -0.2) is 4.79 Å². The minimum absolute atomic E-state index is 0.0348. The fourth-order valence-electron chi connectivity index (χ4n) is 6.03. The van der Waals surface area contributed by atoms with Gasteiger partial charge in [0, 0.05) is 42.8 Å². The van der Waals surface area contributed by atoms with Crippen molar-refractivity contribution in [1.82, 2.24) is 4.90 Å². The van der Waals surface area contributed by atoms with Crippen LogP contribution < -0.4 is 5.32 Å². The van der Waals surface area contributed by atoms with Crippen molar-refractivity contribution in [1.29, 1.82) is 0 Å². The number of rotatable bonds is 10. The van der Waals surface area contributed by atoms with E-state index < -0.39 is 5.60 Å². The monoisotopic (exact) mass is 550 g/mol. The molecule has 2 aliphatic rings. The fraction of sp³-hybridized carbons (Fsp3) is 0.343. The Hall–Kier alpha value is -4.19. The zero-order valence-electron chi connectivity index (χ0n) is 23.9. The minimum Gasteiger partial charge on any atom is -0.446 e. The van der Waals surface area contributed by atoms with Gasteiger partial charge in [-0.3, -0.25) is 9.59 Å². The predicted octanol–water partition coefficient (Wildman–Crippen LogP) is 6.22. The molecule has 6 heteroatoms. The number of hydrogen-bond acceptors (Lipinski definition) is 4. The minimum atomic E-state index is -0.836. The van der Waals surface area contributed by atoms with Crippen LogP contribution in [0.4, 0.5) is 5.69 Å². The number of cyclic esters (lactones) is 1. The number of amides is 2. The molecule has 0 aromatic heterocycles. The summed E-state index contributed by atoms with van der Waals surface area (Å²) >= 11 is 0. The lowest BCUT2D eigenvalue weighted by molar-refractivity contribution is -0.149. The van der Waals surface area contributed by atoms with Crippen molar-refractivity contribution < 1.29 is 19.1 Å². The Kier molecular flexibility index (Phi) is 8.67. The summed E-state index contributed by atoms with van der Waals surface area (Å²) in [6.07, 6.45) is 3.07. The van der Waals surface area contributed by atoms with Crippen molar-refractivity contribution in [2.75, 3.05) is 18.4 Å². The van der Waals surface area contributed by atoms with Gasteiger partial charge in [0.2, 0.25) is 11.8 Å². The molecule has 2 amide bonds. The topological polar surface area (TPSA) is 75.7 Å². The average molecular weight is 551 g/mol. The second kappa shape index (κ2) is 12.5. The molecule has 0 aliphatic carbocycles. The molecular weight excluding hydrogens is 512 g/mol. The summed E-state index contributed by atoms with van der Waals surface area (Å²) in [5.41, 5.74) is 4.58. The van der Waals surface area contributed by atoms with E-state index in [0.717, 1.165) is 33.5 Å². The normalized spacial score (nSPS) is 18.3. The second-order valence-corrected chi connectivity index (χ2v) is 11.4. The van der Waals surface area contributed by atoms with Crippen LogP contribution in [-0.2, 0) is 37.6 Å². The van der Waals surface area contributed by atoms with Crippen LogP contribution >= 0.6 is 0 Å². The molecule has 1 atom stereocenters. The smallest absolute Gasteiger partial charge is 0.335 e. The summed E-state index contributed by atoms with van der Waals surface area (Å²) in [6, 6.07) is 27.5. The number of ether oxygens (including phenoxy) is 1. The second-order valence-electron chi connectivity index (χ2n) is 11.4. The molecular formula is C35H38N2O4. The number of nitrogens with one attached hydrogen (secondary N) is 1. The number of para-hydroxylation sites is 1. The first kappa shape index (κ1) is 28.3. The van der Waals surface area contributed by atoms with E-state index in [4.69, 9.17) is 4.74 Å². The molecule has 2 aliphatic heterocycles. The lowest BCUT2D eigenvalue weighted by Crippen LogP contribution is -2.42. The van der Waals surface area contributed by atoms with Crippen molar-refractivity contribution in [2.45, 2.75) is 58.0 Å². The van der Waals surface area contributed by atoms with Crippen LogP contribution in [-0.4, -0.2) is 35.8 Å². The third kappa shape index (κ3) is 6.43. The van der Waals surface area contributed by atoms with Gasteiger partial charge < -0.3 is 15.0 Å². The van der Waals surface area contributed by atoms with Crippen LogP contribution in [0.3, 0.4) is 0 Å². The summed E-state index contributed by atoms with van der Waals surface area (Å²) in [7, 11) is 0. The van der Waals surface area contributed by atoms with E-state index in [-0.39, 0.29) is 17.8 Å². The van der Waals surface area contributed by atoms with Gasteiger partial charge in [0.25, 0.3) is 0 Å². The van der Waals surface area contributed by atoms with Crippen LogP contribution in [0, 0.1) is 5.92 Å². The first-order valence-electron chi connectivity index (χ1n) is 14.6. The van der Waals surface area contributed by atoms with Gasteiger partial charge in [-0.1, -0.05) is 92.7 Å². The fourth-order valence-corrected chi connectivity index (χ4v) is 6.03. The third-order valence-electron chi connectivity index (χ3n) is 8.02. The van der Waals surface area contributed by atoms with Gasteiger partial charge in [-0.2, -0.15) is 0 Å². The zero-order valence-corrected chi connectivity index (χ0v) is 23.9. The Balaban J connectivity index is 1.25. The Labute approximate surface area is 242 Å². The molecule has 5 rings (SSSR count). The van der Waals surface area contributed by atoms with Crippen molar-refractivity contribution in [3.8, 4) is 0 Å². The van der Waals surface area contributed by atoms with E-state index >= 15 is 0 Å². The standard InChI is InChI=1S/C35H38N2O4/c1-25(2)23-35(28-14-7-4-8-15-28)30-24-37(22-21-29(30)34(40)41-35)33(39)20-18-27-13-9-10-16-31(27)36-32(38)19-17-26-11-5-3-6-12-26/h3-16,25H,17-24H2,1-2H3,(H,36,38). The molecule has 0 fully saturated rings. The molecule has 0 spiro atoms. The highest BCUT2D eigenvalue weighted by molar-refractivity contribution is 5.94. The van der Waals surface area contributed by atoms with E-state index in [1.54, 1.807) is 0 Å². The van der Waals surface area contributed by atoms with Crippen molar-refractivity contribution in [3.63, 3.8) is 0 Å². The molecule has 212 valence electrons. The predicted molar refractivity (Wildman–Crippen MR) is 160 cm³/mol. The van der Waals surface area contributed by atoms with Gasteiger partial charge in [0.15, 0.2) is 5.60 Å². The Morgan fingerprint density at radius 3 is 2.32 bits per heavy atom. The summed E-state index contributed by atoms with van der Waals surface area (Å²) in [6.45, 7) is 5.14. The van der Waals surface area contributed by atoms with Crippen molar-refractivity contribution >= 4 is 23.5 Å². The van der Waals surface area contributed by atoms with Crippen LogP contribution in [0.25, 0.3) is 0 Å². The Bertz CT molecular complexity index is 1430. The van der Waals surface area contributed by atoms with Crippen LogP contribution in [0.1, 0.15) is 56.2 Å². The molecule has 0 saturated carbocycles. The summed E-state index contributed by atoms with van der Waals surface area (Å²) < 4.78 is 6.16. The molecule has 3 aromatic carbocycles. The first-order chi connectivity index (χ1) is 19.9. The largest absolute Gasteiger partial charge is 0.446 e. The molecule has 2 heterocycles. The summed E-state index contributed by atoms with van der Waals surface area (Å²) in [5.74, 6) is 0.0259. The van der Waals surface area contributed by atoms with E-state index in [9.17, 15) is 14.4 Å². The van der Waals surface area contributed by atoms with Gasteiger partial charge >= 0.3 is 5.97 Å². The first-order valence-corrected chi connectivity index (χ1v) is 14.6. The highest BCUT2D eigenvalue weighted by Gasteiger charge is 2.50. The number of benzene rings is 3. The highest BCUT2D eigenvalue weighted by Crippen LogP contribution is 2.48. The lowest BCUT2D eigenvalue weighted by Gasteiger charge is -2.37. The summed E-state index contributed by atoms with van der Waals surface area (Å²) in [4.78, 5) is 41.0. The third-order valence-corrected chi connectivity index (χ3v) is 8.02. The number of aryl methyl sites for hydroxylation is 2. The van der Waals surface area contributed by atoms with Crippen molar-refractivity contribution in [3.05, 3.63) is 113 Å². The molecule has 6 nitrogen and oxygen atoms in total. The average Bonchev–Trinajstić information content (AvgIpc) is 3.27. The molecule has 0 radical (unpaired) electrons. The number of hydrogen-bond donors (Lipinski definition) is 1. The molecule has 1 unspecified atom stereocenters. The maximum Gasteiger partial charge on any atom is 0.335 e. The number of anilines is 1. The van der Waals surface area contributed by atoms with Gasteiger partial charge in [-0.05, 0) is 54.4 Å². The summed E-state index contributed by atoms with van der Waals surface area (Å²) in [5, 5.41) is 3.04. The van der Waals surface area contributed by atoms with E-state index in [1.165, 1.54) is 0 Å². The van der Waals surface area contributed by atoms with Gasteiger partial charge in [-0.15, -0.1) is 0 Å². The number of esters is 1. The van der Waals surface area contributed by atoms with E-state index in [0.29, 0.717) is 57.5 Å².